The van der Waals surface area contributed by atoms with Crippen LogP contribution in [0.25, 0.3) is 0 Å². The molecule has 5 heteroatoms. The molecule has 0 unspecified atom stereocenters. The lowest BCUT2D eigenvalue weighted by Crippen LogP contribution is -2.61. The first-order valence-corrected chi connectivity index (χ1v) is 9.71. The number of thiocarbonyl (C=S) groups is 1. The Labute approximate surface area is 150 Å². The van der Waals surface area contributed by atoms with Crippen molar-refractivity contribution in [2.45, 2.75) is 50.6 Å². The van der Waals surface area contributed by atoms with Crippen LogP contribution in [-0.4, -0.2) is 10.7 Å². The van der Waals surface area contributed by atoms with Gasteiger partial charge in [-0.1, -0.05) is 6.07 Å². The summed E-state index contributed by atoms with van der Waals surface area (Å²) >= 11 is 8.77. The molecule has 0 atom stereocenters. The molecule has 0 radical (unpaired) electrons. The number of rotatable bonds is 3. The van der Waals surface area contributed by atoms with Crippen molar-refractivity contribution in [3.05, 3.63) is 34.1 Å². The number of hydrogen-bond donors (Lipinski definition) is 2. The summed E-state index contributed by atoms with van der Waals surface area (Å²) in [5.74, 6) is 2.49. The SMILES string of the molecule is Fc1ccc(CNC(=S)NC23CC4CC(CC(C4)C2)C3)cc1Br. The molecule has 1 aromatic carbocycles. The highest BCUT2D eigenvalue weighted by Crippen LogP contribution is 2.55. The maximum atomic E-state index is 13.3. The van der Waals surface area contributed by atoms with Crippen molar-refractivity contribution in [3.63, 3.8) is 0 Å². The summed E-state index contributed by atoms with van der Waals surface area (Å²) in [6.07, 6.45) is 8.15. The molecule has 0 amide bonds. The van der Waals surface area contributed by atoms with Gasteiger partial charge in [-0.15, -0.1) is 0 Å². The molecule has 4 bridgehead atoms. The molecule has 4 fully saturated rings. The largest absolute Gasteiger partial charge is 0.359 e. The monoisotopic (exact) mass is 396 g/mol. The molecule has 124 valence electrons. The first-order chi connectivity index (χ1) is 11.0. The van der Waals surface area contributed by atoms with Crippen molar-refractivity contribution in [1.29, 1.82) is 0 Å². The molecular weight excluding hydrogens is 375 g/mol. The van der Waals surface area contributed by atoms with E-state index in [1.165, 1.54) is 44.6 Å². The molecule has 4 aliphatic rings. The zero-order chi connectivity index (χ0) is 16.0. The Kier molecular flexibility index (Phi) is 4.12. The van der Waals surface area contributed by atoms with Gasteiger partial charge in [0, 0.05) is 12.1 Å². The van der Waals surface area contributed by atoms with E-state index in [-0.39, 0.29) is 11.4 Å². The maximum absolute atomic E-state index is 13.3. The van der Waals surface area contributed by atoms with Crippen molar-refractivity contribution in [2.24, 2.45) is 17.8 Å². The van der Waals surface area contributed by atoms with E-state index in [1.807, 2.05) is 0 Å². The molecule has 2 nitrogen and oxygen atoms in total. The van der Waals surface area contributed by atoms with E-state index in [4.69, 9.17) is 12.2 Å². The van der Waals surface area contributed by atoms with Gasteiger partial charge in [0.15, 0.2) is 5.11 Å². The zero-order valence-electron chi connectivity index (χ0n) is 13.1. The van der Waals surface area contributed by atoms with Crippen LogP contribution < -0.4 is 10.6 Å². The maximum Gasteiger partial charge on any atom is 0.166 e. The molecule has 23 heavy (non-hydrogen) atoms. The molecule has 5 rings (SSSR count). The van der Waals surface area contributed by atoms with E-state index in [1.54, 1.807) is 12.1 Å². The van der Waals surface area contributed by atoms with E-state index in [2.05, 4.69) is 26.6 Å². The van der Waals surface area contributed by atoms with Crippen LogP contribution in [0.5, 0.6) is 0 Å². The molecule has 2 N–H and O–H groups in total. The fourth-order valence-electron chi connectivity index (χ4n) is 5.38. The highest BCUT2D eigenvalue weighted by Gasteiger charge is 2.51. The van der Waals surface area contributed by atoms with Crippen molar-refractivity contribution >= 4 is 33.3 Å². The predicted molar refractivity (Wildman–Crippen MR) is 97.6 cm³/mol. The zero-order valence-corrected chi connectivity index (χ0v) is 15.5. The average molecular weight is 397 g/mol. The van der Waals surface area contributed by atoms with Gasteiger partial charge in [0.05, 0.1) is 4.47 Å². The molecule has 0 heterocycles. The van der Waals surface area contributed by atoms with E-state index in [0.717, 1.165) is 28.4 Å². The van der Waals surface area contributed by atoms with Gasteiger partial charge in [-0.3, -0.25) is 0 Å². The van der Waals surface area contributed by atoms with E-state index >= 15 is 0 Å². The summed E-state index contributed by atoms with van der Waals surface area (Å²) in [7, 11) is 0. The molecule has 4 saturated carbocycles. The Balaban J connectivity index is 1.36. The standard InChI is InChI=1S/C18H22BrFN2S/c19-15-6-11(1-2-16(15)20)10-21-17(23)22-18-7-12-3-13(8-18)5-14(4-12)9-18/h1-2,6,12-14H,3-5,7-10H2,(H2,21,22,23). The van der Waals surface area contributed by atoms with Crippen molar-refractivity contribution < 1.29 is 4.39 Å². The van der Waals surface area contributed by atoms with Gasteiger partial charge in [0.2, 0.25) is 0 Å². The normalized spacial score (nSPS) is 34.4. The molecule has 4 aliphatic carbocycles. The van der Waals surface area contributed by atoms with Gasteiger partial charge in [-0.05, 0) is 102 Å². The minimum Gasteiger partial charge on any atom is -0.359 e. The summed E-state index contributed by atoms with van der Waals surface area (Å²) in [6, 6.07) is 5.08. The van der Waals surface area contributed by atoms with Crippen molar-refractivity contribution in [3.8, 4) is 0 Å². The van der Waals surface area contributed by atoms with Gasteiger partial charge in [0.25, 0.3) is 0 Å². The Morgan fingerprint density at radius 2 is 1.78 bits per heavy atom. The molecule has 0 saturated heterocycles. The van der Waals surface area contributed by atoms with Crippen LogP contribution in [-0.2, 0) is 6.54 Å². The Bertz CT molecular complexity index is 598. The van der Waals surface area contributed by atoms with E-state index in [0.29, 0.717) is 11.0 Å². The Morgan fingerprint density at radius 3 is 2.35 bits per heavy atom. The third kappa shape index (κ3) is 3.27. The first kappa shape index (κ1) is 15.8. The van der Waals surface area contributed by atoms with Gasteiger partial charge >= 0.3 is 0 Å². The van der Waals surface area contributed by atoms with Crippen LogP contribution in [0.2, 0.25) is 0 Å². The highest BCUT2D eigenvalue weighted by atomic mass is 79.9. The topological polar surface area (TPSA) is 24.1 Å². The molecule has 0 aromatic heterocycles. The van der Waals surface area contributed by atoms with Crippen LogP contribution in [0, 0.1) is 23.6 Å². The minimum atomic E-state index is -0.233. The number of halogens is 2. The fraction of sp³-hybridized carbons (Fsp3) is 0.611. The molecule has 0 aliphatic heterocycles. The third-order valence-corrected chi connectivity index (χ3v) is 6.71. The van der Waals surface area contributed by atoms with Crippen LogP contribution in [0.1, 0.15) is 44.1 Å². The van der Waals surface area contributed by atoms with Gasteiger partial charge < -0.3 is 10.6 Å². The van der Waals surface area contributed by atoms with Crippen LogP contribution in [0.3, 0.4) is 0 Å². The van der Waals surface area contributed by atoms with Crippen molar-refractivity contribution in [2.75, 3.05) is 0 Å². The summed E-state index contributed by atoms with van der Waals surface area (Å²) in [5.41, 5.74) is 1.26. The summed E-state index contributed by atoms with van der Waals surface area (Å²) < 4.78 is 13.8. The average Bonchev–Trinajstić information content (AvgIpc) is 2.46. The lowest BCUT2D eigenvalue weighted by molar-refractivity contribution is -0.0101. The second kappa shape index (κ2) is 5.99. The quantitative estimate of drug-likeness (QED) is 0.734. The molecular formula is C18H22BrFN2S. The summed E-state index contributed by atoms with van der Waals surface area (Å²) in [6.45, 7) is 0.622. The minimum absolute atomic E-state index is 0.233. The van der Waals surface area contributed by atoms with Gasteiger partial charge in [0.1, 0.15) is 5.82 Å². The van der Waals surface area contributed by atoms with Crippen LogP contribution in [0.15, 0.2) is 22.7 Å². The van der Waals surface area contributed by atoms with Crippen molar-refractivity contribution in [1.82, 2.24) is 10.6 Å². The summed E-state index contributed by atoms with van der Waals surface area (Å²) in [4.78, 5) is 0. The second-order valence-electron chi connectivity index (χ2n) is 7.75. The van der Waals surface area contributed by atoms with Gasteiger partial charge in [-0.25, -0.2) is 4.39 Å². The number of nitrogens with one attached hydrogen (secondary N) is 2. The Morgan fingerprint density at radius 1 is 1.17 bits per heavy atom. The molecule has 0 spiro atoms. The Hall–Kier alpha value is -0.680. The van der Waals surface area contributed by atoms with Crippen LogP contribution >= 0.6 is 28.1 Å². The smallest absolute Gasteiger partial charge is 0.166 e. The second-order valence-corrected chi connectivity index (χ2v) is 9.02. The van der Waals surface area contributed by atoms with Crippen LogP contribution in [0.4, 0.5) is 4.39 Å². The highest BCUT2D eigenvalue weighted by molar-refractivity contribution is 9.10. The van der Waals surface area contributed by atoms with Gasteiger partial charge in [-0.2, -0.15) is 0 Å². The van der Waals surface area contributed by atoms with E-state index < -0.39 is 0 Å². The fourth-order valence-corrected chi connectivity index (χ4v) is 6.10. The van der Waals surface area contributed by atoms with E-state index in [9.17, 15) is 4.39 Å². The first-order valence-electron chi connectivity index (χ1n) is 8.51. The number of hydrogen-bond acceptors (Lipinski definition) is 1. The third-order valence-electron chi connectivity index (χ3n) is 5.85. The summed E-state index contributed by atoms with van der Waals surface area (Å²) in [5, 5.41) is 7.70. The lowest BCUT2D eigenvalue weighted by atomic mass is 9.53. The molecule has 1 aromatic rings. The predicted octanol–water partition coefficient (Wildman–Crippen LogP) is 4.52. The lowest BCUT2D eigenvalue weighted by Gasteiger charge is -2.57. The number of benzene rings is 1.